The second-order valence-corrected chi connectivity index (χ2v) is 7.25. The van der Waals surface area contributed by atoms with E-state index in [0.717, 1.165) is 36.6 Å². The zero-order valence-corrected chi connectivity index (χ0v) is 16.9. The normalized spacial score (nSPS) is 16.5. The van der Waals surface area contributed by atoms with E-state index < -0.39 is 5.97 Å². The lowest BCUT2D eigenvalue weighted by atomic mass is 9.90. The van der Waals surface area contributed by atoms with E-state index in [4.69, 9.17) is 9.47 Å². The second-order valence-electron chi connectivity index (χ2n) is 7.25. The van der Waals surface area contributed by atoms with E-state index >= 15 is 0 Å². The van der Waals surface area contributed by atoms with Crippen LogP contribution >= 0.6 is 0 Å². The van der Waals surface area contributed by atoms with Gasteiger partial charge in [0.2, 0.25) is 0 Å². The molecule has 2 aromatic rings. The summed E-state index contributed by atoms with van der Waals surface area (Å²) in [6, 6.07) is 14.6. The third kappa shape index (κ3) is 4.30. The van der Waals surface area contributed by atoms with E-state index in [1.54, 1.807) is 14.2 Å². The number of carboxylic acid groups (broad SMARTS) is 1. The van der Waals surface area contributed by atoms with Crippen molar-refractivity contribution in [2.75, 3.05) is 27.3 Å². The Balaban J connectivity index is 1.98. The first kappa shape index (κ1) is 20.2. The number of aryl methyl sites for hydroxylation is 1. The molecule has 1 fully saturated rings. The molecule has 150 valence electrons. The van der Waals surface area contributed by atoms with Crippen molar-refractivity contribution in [3.05, 3.63) is 59.2 Å². The lowest BCUT2D eigenvalue weighted by Crippen LogP contribution is -2.39. The summed E-state index contributed by atoms with van der Waals surface area (Å²) in [5.74, 6) is 0.595. The molecule has 1 atom stereocenters. The SMILES string of the molecule is CCc1ccc(C(c2ccc(OC)cc2OC)N2CCC(C(=O)O)CC2)cc1. The van der Waals surface area contributed by atoms with E-state index in [-0.39, 0.29) is 12.0 Å². The highest BCUT2D eigenvalue weighted by atomic mass is 16.5. The smallest absolute Gasteiger partial charge is 0.306 e. The molecular weight excluding hydrogens is 354 g/mol. The third-order valence-corrected chi connectivity index (χ3v) is 5.68. The van der Waals surface area contributed by atoms with Crippen LogP contribution in [-0.4, -0.2) is 43.3 Å². The van der Waals surface area contributed by atoms with Crippen LogP contribution < -0.4 is 9.47 Å². The Labute approximate surface area is 166 Å². The number of carboxylic acids is 1. The number of hydrogen-bond acceptors (Lipinski definition) is 4. The van der Waals surface area contributed by atoms with Crippen molar-refractivity contribution in [3.63, 3.8) is 0 Å². The number of nitrogens with zero attached hydrogens (tertiary/aromatic N) is 1. The van der Waals surface area contributed by atoms with Gasteiger partial charge in [-0.3, -0.25) is 9.69 Å². The van der Waals surface area contributed by atoms with Gasteiger partial charge in [-0.25, -0.2) is 0 Å². The topological polar surface area (TPSA) is 59.0 Å². The zero-order chi connectivity index (χ0) is 20.1. The van der Waals surface area contributed by atoms with E-state index in [0.29, 0.717) is 12.8 Å². The number of likely N-dealkylation sites (tertiary alicyclic amines) is 1. The molecule has 0 saturated carbocycles. The largest absolute Gasteiger partial charge is 0.497 e. The molecule has 0 aliphatic carbocycles. The van der Waals surface area contributed by atoms with Gasteiger partial charge in [-0.15, -0.1) is 0 Å². The number of methoxy groups -OCH3 is 2. The average Bonchev–Trinajstić information content (AvgIpc) is 2.75. The van der Waals surface area contributed by atoms with Gasteiger partial charge >= 0.3 is 5.97 Å². The molecule has 1 unspecified atom stereocenters. The van der Waals surface area contributed by atoms with Crippen molar-refractivity contribution in [2.45, 2.75) is 32.2 Å². The van der Waals surface area contributed by atoms with E-state index in [1.807, 2.05) is 12.1 Å². The Kier molecular flexibility index (Phi) is 6.57. The monoisotopic (exact) mass is 383 g/mol. The number of aliphatic carboxylic acids is 1. The lowest BCUT2D eigenvalue weighted by molar-refractivity contribution is -0.143. The highest BCUT2D eigenvalue weighted by Crippen LogP contribution is 2.38. The highest BCUT2D eigenvalue weighted by Gasteiger charge is 2.31. The van der Waals surface area contributed by atoms with Gasteiger partial charge in [0.1, 0.15) is 11.5 Å². The molecule has 0 spiro atoms. The molecule has 2 aromatic carbocycles. The zero-order valence-electron chi connectivity index (χ0n) is 16.9. The molecule has 1 aliphatic heterocycles. The first-order valence-electron chi connectivity index (χ1n) is 9.85. The van der Waals surface area contributed by atoms with Crippen LogP contribution in [0.25, 0.3) is 0 Å². The summed E-state index contributed by atoms with van der Waals surface area (Å²) in [5, 5.41) is 9.34. The van der Waals surface area contributed by atoms with Crippen LogP contribution in [0.5, 0.6) is 11.5 Å². The predicted octanol–water partition coefficient (Wildman–Crippen LogP) is 4.15. The average molecular weight is 383 g/mol. The lowest BCUT2D eigenvalue weighted by Gasteiger charge is -2.37. The number of hydrogen-bond donors (Lipinski definition) is 1. The summed E-state index contributed by atoms with van der Waals surface area (Å²) in [5.41, 5.74) is 3.56. The Bertz CT molecular complexity index is 795. The molecule has 1 saturated heterocycles. The maximum atomic E-state index is 11.4. The third-order valence-electron chi connectivity index (χ3n) is 5.68. The maximum Gasteiger partial charge on any atom is 0.306 e. The first-order chi connectivity index (χ1) is 13.6. The summed E-state index contributed by atoms with van der Waals surface area (Å²) in [4.78, 5) is 13.7. The van der Waals surface area contributed by atoms with Gasteiger partial charge in [0, 0.05) is 11.6 Å². The van der Waals surface area contributed by atoms with Crippen LogP contribution in [0.4, 0.5) is 0 Å². The summed E-state index contributed by atoms with van der Waals surface area (Å²) in [6.45, 7) is 3.63. The molecule has 5 nitrogen and oxygen atoms in total. The van der Waals surface area contributed by atoms with Crippen molar-refractivity contribution >= 4 is 5.97 Å². The van der Waals surface area contributed by atoms with Crippen LogP contribution in [0.3, 0.4) is 0 Å². The molecule has 0 aromatic heterocycles. The fraction of sp³-hybridized carbons (Fsp3) is 0.435. The second kappa shape index (κ2) is 9.11. The molecule has 3 rings (SSSR count). The summed E-state index contributed by atoms with van der Waals surface area (Å²) < 4.78 is 11.0. The molecular formula is C23H29NO4. The molecule has 1 N–H and O–H groups in total. The molecule has 0 radical (unpaired) electrons. The van der Waals surface area contributed by atoms with Gasteiger partial charge < -0.3 is 14.6 Å². The van der Waals surface area contributed by atoms with Crippen molar-refractivity contribution < 1.29 is 19.4 Å². The minimum absolute atomic E-state index is 0.0153. The molecule has 28 heavy (non-hydrogen) atoms. The predicted molar refractivity (Wildman–Crippen MR) is 109 cm³/mol. The minimum atomic E-state index is -0.689. The number of benzene rings is 2. The Morgan fingerprint density at radius 2 is 1.79 bits per heavy atom. The van der Waals surface area contributed by atoms with Crippen LogP contribution in [0.1, 0.15) is 42.5 Å². The fourth-order valence-corrected chi connectivity index (χ4v) is 3.97. The van der Waals surface area contributed by atoms with E-state index in [2.05, 4.69) is 42.2 Å². The molecule has 5 heteroatoms. The van der Waals surface area contributed by atoms with E-state index in [9.17, 15) is 9.90 Å². The standard InChI is InChI=1S/C23H29NO4/c1-4-16-5-7-17(8-6-16)22(24-13-11-18(12-14-24)23(25)26)20-10-9-19(27-2)15-21(20)28-3/h5-10,15,18,22H,4,11-14H2,1-3H3,(H,25,26). The Morgan fingerprint density at radius 1 is 1.11 bits per heavy atom. The first-order valence-corrected chi connectivity index (χ1v) is 9.85. The molecule has 0 bridgehead atoms. The fourth-order valence-electron chi connectivity index (χ4n) is 3.97. The summed E-state index contributed by atoms with van der Waals surface area (Å²) in [7, 11) is 3.32. The number of rotatable bonds is 7. The van der Waals surface area contributed by atoms with E-state index in [1.165, 1.54) is 11.1 Å². The molecule has 1 aliphatic rings. The van der Waals surface area contributed by atoms with Crippen molar-refractivity contribution in [3.8, 4) is 11.5 Å². The van der Waals surface area contributed by atoms with Gasteiger partial charge in [-0.05, 0) is 55.6 Å². The highest BCUT2D eigenvalue weighted by molar-refractivity contribution is 5.70. The van der Waals surface area contributed by atoms with Gasteiger partial charge in [0.25, 0.3) is 0 Å². The van der Waals surface area contributed by atoms with Gasteiger partial charge in [-0.2, -0.15) is 0 Å². The van der Waals surface area contributed by atoms with Gasteiger partial charge in [-0.1, -0.05) is 31.2 Å². The van der Waals surface area contributed by atoms with Crippen molar-refractivity contribution in [2.24, 2.45) is 5.92 Å². The van der Waals surface area contributed by atoms with Crippen molar-refractivity contribution in [1.29, 1.82) is 0 Å². The van der Waals surface area contributed by atoms with Crippen LogP contribution in [-0.2, 0) is 11.2 Å². The summed E-state index contributed by atoms with van der Waals surface area (Å²) in [6.07, 6.45) is 2.33. The Hall–Kier alpha value is -2.53. The number of ether oxygens (including phenoxy) is 2. The quantitative estimate of drug-likeness (QED) is 0.778. The van der Waals surface area contributed by atoms with Crippen LogP contribution in [0.15, 0.2) is 42.5 Å². The Morgan fingerprint density at radius 3 is 2.32 bits per heavy atom. The summed E-state index contributed by atoms with van der Waals surface area (Å²) >= 11 is 0. The van der Waals surface area contributed by atoms with Crippen molar-refractivity contribution in [1.82, 2.24) is 4.90 Å². The number of carbonyl (C=O) groups is 1. The molecule has 0 amide bonds. The number of piperidine rings is 1. The van der Waals surface area contributed by atoms with Crippen LogP contribution in [0.2, 0.25) is 0 Å². The van der Waals surface area contributed by atoms with Crippen LogP contribution in [0, 0.1) is 5.92 Å². The minimum Gasteiger partial charge on any atom is -0.497 e. The van der Waals surface area contributed by atoms with Gasteiger partial charge in [0.05, 0.1) is 26.2 Å². The maximum absolute atomic E-state index is 11.4. The van der Waals surface area contributed by atoms with Gasteiger partial charge in [0.15, 0.2) is 0 Å². The molecule has 1 heterocycles.